The number of carbonyl (C=O) groups is 5. The lowest BCUT2D eigenvalue weighted by atomic mass is 9.97. The summed E-state index contributed by atoms with van der Waals surface area (Å²) in [6.07, 6.45) is 3.54. The number of aldehydes is 1. The number of hydrogen-bond donors (Lipinski definition) is 5. The highest BCUT2D eigenvalue weighted by molar-refractivity contribution is 7.98. The van der Waals surface area contributed by atoms with Crippen LogP contribution in [0.2, 0.25) is 0 Å². The van der Waals surface area contributed by atoms with E-state index in [1.54, 1.807) is 30.6 Å². The molecule has 0 bridgehead atoms. The molecule has 4 atom stereocenters. The second-order valence-corrected chi connectivity index (χ2v) is 14.1. The molecular weight excluding hydrogens is 649 g/mol. The van der Waals surface area contributed by atoms with Gasteiger partial charge in [-0.05, 0) is 49.4 Å². The van der Waals surface area contributed by atoms with E-state index >= 15 is 0 Å². The molecule has 2 aromatic rings. The Kier molecular flexibility index (Phi) is 21.9. The Balaban J connectivity index is 0.000000549. The van der Waals surface area contributed by atoms with E-state index in [1.165, 1.54) is 0 Å². The molecule has 0 saturated carbocycles. The summed E-state index contributed by atoms with van der Waals surface area (Å²) >= 11 is 3.27. The van der Waals surface area contributed by atoms with Gasteiger partial charge >= 0.3 is 0 Å². The normalized spacial score (nSPS) is 13.3. The van der Waals surface area contributed by atoms with Crippen molar-refractivity contribution in [2.24, 2.45) is 23.3 Å². The Labute approximate surface area is 294 Å². The fourth-order valence-electron chi connectivity index (χ4n) is 4.47. The summed E-state index contributed by atoms with van der Waals surface area (Å²) in [6, 6.07) is 14.2. The molecule has 0 aliphatic rings. The van der Waals surface area contributed by atoms with Crippen LogP contribution in [-0.2, 0) is 41.9 Å². The number of hydrogen-bond acceptors (Lipinski definition) is 9. The number of nitrogens with zero attached hydrogens (tertiary/aromatic N) is 1. The van der Waals surface area contributed by atoms with Crippen molar-refractivity contribution in [3.8, 4) is 0 Å². The van der Waals surface area contributed by atoms with Crippen LogP contribution in [0.4, 0.5) is 0 Å². The first-order valence-electron chi connectivity index (χ1n) is 16.3. The first-order valence-corrected chi connectivity index (χ1v) is 18.6. The van der Waals surface area contributed by atoms with Crippen LogP contribution in [-0.4, -0.2) is 71.6 Å². The third-order valence-corrected chi connectivity index (χ3v) is 9.31. The standard InChI is InChI=1S/C22H27N3O3S2.C13H27N3O2/c23-21(27)9-11-29-15-18-7-4-8-19(24-18)16-30-12-10-22(28)25-20(14-26)13-17-5-2-1-3-6-17;1-6-9(4)11(12(14)17)16-13(18)10(15-5)7-8(2)3/h1-8,14,20H,9-13,15-16H2,(H2,23,27)(H,25,28);8-11,15H,6-7H2,1-5H3,(H2,14,17)(H,16,18)/t20-;9-,10-,11-/m00/s1. The number of aromatic nitrogens is 1. The van der Waals surface area contributed by atoms with E-state index in [0.717, 1.165) is 41.8 Å². The van der Waals surface area contributed by atoms with Crippen molar-refractivity contribution >= 4 is 53.4 Å². The number of primary amides is 2. The Bertz CT molecular complexity index is 1270. The molecule has 13 heteroatoms. The van der Waals surface area contributed by atoms with Crippen LogP contribution < -0.4 is 27.4 Å². The maximum absolute atomic E-state index is 12.1. The van der Waals surface area contributed by atoms with Crippen molar-refractivity contribution in [1.82, 2.24) is 20.9 Å². The molecule has 11 nitrogen and oxygen atoms in total. The molecule has 0 radical (unpaired) electrons. The van der Waals surface area contributed by atoms with Crippen LogP contribution in [0.1, 0.15) is 70.3 Å². The predicted molar refractivity (Wildman–Crippen MR) is 196 cm³/mol. The van der Waals surface area contributed by atoms with E-state index in [1.807, 2.05) is 62.4 Å². The molecule has 48 heavy (non-hydrogen) atoms. The van der Waals surface area contributed by atoms with Gasteiger partial charge in [-0.25, -0.2) is 0 Å². The van der Waals surface area contributed by atoms with E-state index < -0.39 is 18.0 Å². The van der Waals surface area contributed by atoms with Gasteiger partial charge in [0.15, 0.2) is 0 Å². The lowest BCUT2D eigenvalue weighted by molar-refractivity contribution is -0.129. The van der Waals surface area contributed by atoms with E-state index in [9.17, 15) is 24.0 Å². The van der Waals surface area contributed by atoms with E-state index in [4.69, 9.17) is 11.5 Å². The van der Waals surface area contributed by atoms with Crippen LogP contribution in [0.25, 0.3) is 0 Å². The van der Waals surface area contributed by atoms with Gasteiger partial charge in [0.2, 0.25) is 23.6 Å². The topological polar surface area (TPSA) is 186 Å². The summed E-state index contributed by atoms with van der Waals surface area (Å²) in [5.74, 6) is 2.21. The lowest BCUT2D eigenvalue weighted by Crippen LogP contribution is -2.53. The number of amides is 4. The average molecular weight is 703 g/mol. The van der Waals surface area contributed by atoms with Gasteiger partial charge in [0, 0.05) is 35.9 Å². The molecule has 266 valence electrons. The largest absolute Gasteiger partial charge is 0.370 e. The summed E-state index contributed by atoms with van der Waals surface area (Å²) in [5, 5.41) is 8.51. The summed E-state index contributed by atoms with van der Waals surface area (Å²) in [4.78, 5) is 62.2. The van der Waals surface area contributed by atoms with Crippen LogP contribution >= 0.6 is 23.5 Å². The fraction of sp³-hybridized carbons (Fsp3) is 0.543. The second-order valence-electron chi connectivity index (χ2n) is 11.9. The Morgan fingerprint density at radius 3 is 1.98 bits per heavy atom. The monoisotopic (exact) mass is 702 g/mol. The minimum Gasteiger partial charge on any atom is -0.370 e. The first-order chi connectivity index (χ1) is 22.9. The molecule has 4 amide bonds. The zero-order chi connectivity index (χ0) is 35.9. The van der Waals surface area contributed by atoms with Crippen molar-refractivity contribution in [1.29, 1.82) is 0 Å². The average Bonchev–Trinajstić information content (AvgIpc) is 3.06. The van der Waals surface area contributed by atoms with Gasteiger partial charge < -0.3 is 32.2 Å². The van der Waals surface area contributed by atoms with E-state index in [-0.39, 0.29) is 29.7 Å². The molecule has 1 heterocycles. The van der Waals surface area contributed by atoms with Gasteiger partial charge in [0.25, 0.3) is 0 Å². The minimum atomic E-state index is -0.592. The van der Waals surface area contributed by atoms with Crippen LogP contribution in [0.3, 0.4) is 0 Å². The van der Waals surface area contributed by atoms with E-state index in [0.29, 0.717) is 42.4 Å². The van der Waals surface area contributed by atoms with Gasteiger partial charge in [-0.15, -0.1) is 0 Å². The van der Waals surface area contributed by atoms with Gasteiger partial charge in [-0.3, -0.25) is 24.2 Å². The number of pyridine rings is 1. The molecule has 0 fully saturated rings. The van der Waals surface area contributed by atoms with Gasteiger partial charge in [0.1, 0.15) is 12.3 Å². The van der Waals surface area contributed by atoms with Gasteiger partial charge in [0.05, 0.1) is 23.5 Å². The van der Waals surface area contributed by atoms with Crippen molar-refractivity contribution in [2.75, 3.05) is 18.6 Å². The zero-order valence-electron chi connectivity index (χ0n) is 28.9. The SMILES string of the molecule is CC[C@H](C)[C@H](NC(=O)[C@H](CC(C)C)NC)C(N)=O.NC(=O)CCSCc1cccc(CSCCC(=O)N[C@H](C=O)Cc2ccccc2)n1. The predicted octanol–water partition coefficient (Wildman–Crippen LogP) is 3.38. The summed E-state index contributed by atoms with van der Waals surface area (Å²) in [5.41, 5.74) is 13.4. The zero-order valence-corrected chi connectivity index (χ0v) is 30.5. The lowest BCUT2D eigenvalue weighted by Gasteiger charge is -2.25. The molecular formula is C35H54N6O5S2. The van der Waals surface area contributed by atoms with Crippen molar-refractivity contribution in [3.63, 3.8) is 0 Å². The molecule has 7 N–H and O–H groups in total. The Hall–Kier alpha value is -3.42. The third kappa shape index (κ3) is 18.8. The number of nitrogens with one attached hydrogen (secondary N) is 3. The summed E-state index contributed by atoms with van der Waals surface area (Å²) < 4.78 is 0. The number of benzene rings is 1. The molecule has 0 spiro atoms. The first kappa shape index (κ1) is 42.6. The maximum atomic E-state index is 12.1. The van der Waals surface area contributed by atoms with Gasteiger partial charge in [-0.2, -0.15) is 23.5 Å². The number of carbonyl (C=O) groups excluding carboxylic acids is 5. The van der Waals surface area contributed by atoms with Crippen molar-refractivity contribution in [3.05, 3.63) is 65.5 Å². The highest BCUT2D eigenvalue weighted by Gasteiger charge is 2.27. The smallest absolute Gasteiger partial charge is 0.240 e. The Morgan fingerprint density at radius 1 is 0.875 bits per heavy atom. The van der Waals surface area contributed by atoms with E-state index in [2.05, 4.69) is 34.8 Å². The number of likely N-dealkylation sites (N-methyl/N-ethyl adjacent to an activating group) is 1. The highest BCUT2D eigenvalue weighted by Crippen LogP contribution is 2.16. The van der Waals surface area contributed by atoms with Gasteiger partial charge in [-0.1, -0.05) is 70.5 Å². The number of thioether (sulfide) groups is 2. The van der Waals surface area contributed by atoms with Crippen LogP contribution in [0.15, 0.2) is 48.5 Å². The Morgan fingerprint density at radius 2 is 1.48 bits per heavy atom. The van der Waals surface area contributed by atoms with Crippen molar-refractivity contribution in [2.45, 2.75) is 89.4 Å². The molecule has 0 saturated heterocycles. The van der Waals surface area contributed by atoms with Crippen LogP contribution in [0.5, 0.6) is 0 Å². The third-order valence-electron chi connectivity index (χ3n) is 7.33. The highest BCUT2D eigenvalue weighted by atomic mass is 32.2. The molecule has 1 aromatic carbocycles. The molecule has 0 unspecified atom stereocenters. The molecule has 1 aromatic heterocycles. The fourth-order valence-corrected chi connectivity index (χ4v) is 6.18. The number of nitrogens with two attached hydrogens (primary N) is 2. The minimum absolute atomic E-state index is 0.0445. The molecule has 2 rings (SSSR count). The molecule has 0 aliphatic heterocycles. The maximum Gasteiger partial charge on any atom is 0.240 e. The summed E-state index contributed by atoms with van der Waals surface area (Å²) in [7, 11) is 1.75. The second kappa shape index (κ2) is 24.7. The molecule has 0 aliphatic carbocycles. The number of rotatable bonds is 22. The quantitative estimate of drug-likeness (QED) is 0.0906. The van der Waals surface area contributed by atoms with Crippen LogP contribution in [0, 0.1) is 11.8 Å². The van der Waals surface area contributed by atoms with Crippen molar-refractivity contribution < 1.29 is 24.0 Å². The summed E-state index contributed by atoms with van der Waals surface area (Å²) in [6.45, 7) is 7.98.